The van der Waals surface area contributed by atoms with Crippen molar-refractivity contribution in [2.24, 2.45) is 7.05 Å². The van der Waals surface area contributed by atoms with Crippen LogP contribution in [0.2, 0.25) is 0 Å². The van der Waals surface area contributed by atoms with Gasteiger partial charge in [0.15, 0.2) is 0 Å². The molecule has 0 amide bonds. The molecule has 0 bridgehead atoms. The van der Waals surface area contributed by atoms with E-state index in [1.807, 2.05) is 19.6 Å². The minimum Gasteiger partial charge on any atom is -0.337 e. The molecule has 0 unspecified atom stereocenters. The highest BCUT2D eigenvalue weighted by atomic mass is 15.0. The van der Waals surface area contributed by atoms with Crippen LogP contribution in [-0.4, -0.2) is 15.6 Å². The number of imidazole rings is 1. The van der Waals surface area contributed by atoms with E-state index < -0.39 is 0 Å². The van der Waals surface area contributed by atoms with Gasteiger partial charge in [0.1, 0.15) is 0 Å². The lowest BCUT2D eigenvalue weighted by molar-refractivity contribution is 0.476. The van der Waals surface area contributed by atoms with Gasteiger partial charge in [0.05, 0.1) is 12.0 Å². The maximum Gasteiger partial charge on any atom is 0.0945 e. The molecule has 3 nitrogen and oxygen atoms in total. The fraction of sp³-hybridized carbons (Fsp3) is 0.700. The Hall–Kier alpha value is -0.830. The second kappa shape index (κ2) is 5.02. The molecule has 0 spiro atoms. The molecule has 0 atom stereocenters. The third kappa shape index (κ3) is 2.84. The fourth-order valence-electron chi connectivity index (χ4n) is 1.38. The molecule has 74 valence electrons. The first-order chi connectivity index (χ1) is 6.27. The van der Waals surface area contributed by atoms with E-state index in [9.17, 15) is 0 Å². The van der Waals surface area contributed by atoms with E-state index >= 15 is 0 Å². The molecule has 0 aliphatic carbocycles. The maximum absolute atomic E-state index is 4.07. The number of aromatic nitrogens is 2. The summed E-state index contributed by atoms with van der Waals surface area (Å²) in [5.41, 5.74) is 1.24. The molecule has 1 N–H and O–H groups in total. The number of hydrogen-bond acceptors (Lipinski definition) is 2. The van der Waals surface area contributed by atoms with Gasteiger partial charge in [0, 0.05) is 25.8 Å². The number of hydrogen-bond donors (Lipinski definition) is 1. The molecule has 13 heavy (non-hydrogen) atoms. The van der Waals surface area contributed by atoms with Crippen molar-refractivity contribution in [2.45, 2.75) is 39.3 Å². The molecule has 0 aromatic carbocycles. The smallest absolute Gasteiger partial charge is 0.0945 e. The Balaban J connectivity index is 2.38. The number of rotatable bonds is 5. The average molecular weight is 181 g/mol. The van der Waals surface area contributed by atoms with Gasteiger partial charge in [-0.3, -0.25) is 0 Å². The first-order valence-electron chi connectivity index (χ1n) is 4.96. The second-order valence-electron chi connectivity index (χ2n) is 3.39. The van der Waals surface area contributed by atoms with Crippen LogP contribution in [0.25, 0.3) is 0 Å². The predicted molar refractivity (Wildman–Crippen MR) is 54.4 cm³/mol. The normalized spacial score (nSPS) is 11.1. The molecule has 1 heterocycles. The van der Waals surface area contributed by atoms with Crippen molar-refractivity contribution in [3.63, 3.8) is 0 Å². The second-order valence-corrected chi connectivity index (χ2v) is 3.39. The van der Waals surface area contributed by atoms with Crippen LogP contribution in [-0.2, 0) is 13.6 Å². The zero-order valence-corrected chi connectivity index (χ0v) is 8.75. The minimum absolute atomic E-state index is 0.634. The van der Waals surface area contributed by atoms with E-state index in [0.29, 0.717) is 6.04 Å². The van der Waals surface area contributed by atoms with Gasteiger partial charge in [-0.05, 0) is 12.8 Å². The molecular weight excluding hydrogens is 162 g/mol. The van der Waals surface area contributed by atoms with Crippen molar-refractivity contribution in [2.75, 3.05) is 0 Å². The molecule has 0 saturated heterocycles. The largest absolute Gasteiger partial charge is 0.337 e. The molecular formula is C10H19N3. The zero-order chi connectivity index (χ0) is 9.68. The van der Waals surface area contributed by atoms with Gasteiger partial charge < -0.3 is 9.88 Å². The van der Waals surface area contributed by atoms with Crippen LogP contribution >= 0.6 is 0 Å². The first-order valence-corrected chi connectivity index (χ1v) is 4.96. The molecule has 1 rings (SSSR count). The van der Waals surface area contributed by atoms with Crippen molar-refractivity contribution in [1.82, 2.24) is 14.9 Å². The Bertz CT molecular complexity index is 238. The summed E-state index contributed by atoms with van der Waals surface area (Å²) in [7, 11) is 2.02. The average Bonchev–Trinajstić information content (AvgIpc) is 2.54. The van der Waals surface area contributed by atoms with Crippen LogP contribution < -0.4 is 5.32 Å². The molecule has 0 fully saturated rings. The topological polar surface area (TPSA) is 29.9 Å². The number of nitrogens with zero attached hydrogens (tertiary/aromatic N) is 2. The lowest BCUT2D eigenvalue weighted by atomic mass is 10.2. The number of aryl methyl sites for hydroxylation is 1. The summed E-state index contributed by atoms with van der Waals surface area (Å²) >= 11 is 0. The summed E-state index contributed by atoms with van der Waals surface area (Å²) in [5, 5.41) is 3.50. The highest BCUT2D eigenvalue weighted by Crippen LogP contribution is 2.00. The lowest BCUT2D eigenvalue weighted by Crippen LogP contribution is -2.27. The molecule has 1 aromatic rings. The summed E-state index contributed by atoms with van der Waals surface area (Å²) in [6.45, 7) is 5.34. The summed E-state index contributed by atoms with van der Waals surface area (Å²) in [6, 6.07) is 0.634. The first kappa shape index (κ1) is 10.3. The van der Waals surface area contributed by atoms with Gasteiger partial charge in [-0.1, -0.05) is 13.8 Å². The van der Waals surface area contributed by atoms with Crippen molar-refractivity contribution in [3.05, 3.63) is 18.2 Å². The minimum atomic E-state index is 0.634. The van der Waals surface area contributed by atoms with Crippen molar-refractivity contribution < 1.29 is 0 Å². The Labute approximate surface area is 80.2 Å². The van der Waals surface area contributed by atoms with E-state index in [2.05, 4.69) is 28.7 Å². The summed E-state index contributed by atoms with van der Waals surface area (Å²) in [6.07, 6.45) is 6.13. The van der Waals surface area contributed by atoms with E-state index in [4.69, 9.17) is 0 Å². The molecule has 1 aromatic heterocycles. The highest BCUT2D eigenvalue weighted by molar-refractivity contribution is 4.96. The number of nitrogens with one attached hydrogen (secondary N) is 1. The Morgan fingerprint density at radius 2 is 2.15 bits per heavy atom. The highest BCUT2D eigenvalue weighted by Gasteiger charge is 2.03. The summed E-state index contributed by atoms with van der Waals surface area (Å²) in [4.78, 5) is 4.07. The van der Waals surface area contributed by atoms with E-state index in [-0.39, 0.29) is 0 Å². The van der Waals surface area contributed by atoms with Crippen LogP contribution in [0.4, 0.5) is 0 Å². The molecule has 0 aliphatic heterocycles. The van der Waals surface area contributed by atoms with Gasteiger partial charge in [-0.2, -0.15) is 0 Å². The third-order valence-electron chi connectivity index (χ3n) is 2.47. The molecule has 3 heteroatoms. The van der Waals surface area contributed by atoms with Crippen molar-refractivity contribution in [1.29, 1.82) is 0 Å². The monoisotopic (exact) mass is 181 g/mol. The van der Waals surface area contributed by atoms with Crippen LogP contribution in [0, 0.1) is 0 Å². The van der Waals surface area contributed by atoms with Crippen LogP contribution in [0.15, 0.2) is 12.5 Å². The summed E-state index contributed by atoms with van der Waals surface area (Å²) < 4.78 is 2.05. The fourth-order valence-corrected chi connectivity index (χ4v) is 1.38. The van der Waals surface area contributed by atoms with Crippen molar-refractivity contribution >= 4 is 0 Å². The van der Waals surface area contributed by atoms with Crippen LogP contribution in [0.5, 0.6) is 0 Å². The standard InChI is InChI=1S/C10H19N3/c1-4-9(5-2)12-7-10-6-11-8-13(10)3/h6,8-9,12H,4-5,7H2,1-3H3. The molecule has 0 radical (unpaired) electrons. The molecule has 0 saturated carbocycles. The van der Waals surface area contributed by atoms with Crippen LogP contribution in [0.1, 0.15) is 32.4 Å². The van der Waals surface area contributed by atoms with Gasteiger partial charge in [-0.15, -0.1) is 0 Å². The maximum atomic E-state index is 4.07. The third-order valence-corrected chi connectivity index (χ3v) is 2.47. The lowest BCUT2D eigenvalue weighted by Gasteiger charge is -2.14. The molecule has 0 aliphatic rings. The van der Waals surface area contributed by atoms with Gasteiger partial charge in [0.25, 0.3) is 0 Å². The predicted octanol–water partition coefficient (Wildman–Crippen LogP) is 1.70. The van der Waals surface area contributed by atoms with E-state index in [0.717, 1.165) is 6.54 Å². The van der Waals surface area contributed by atoms with E-state index in [1.54, 1.807) is 0 Å². The van der Waals surface area contributed by atoms with Crippen LogP contribution in [0.3, 0.4) is 0 Å². The zero-order valence-electron chi connectivity index (χ0n) is 8.75. The Kier molecular flexibility index (Phi) is 3.96. The van der Waals surface area contributed by atoms with Gasteiger partial charge in [-0.25, -0.2) is 4.98 Å². The SMILES string of the molecule is CCC(CC)NCc1cncn1C. The summed E-state index contributed by atoms with van der Waals surface area (Å²) in [5.74, 6) is 0. The van der Waals surface area contributed by atoms with E-state index in [1.165, 1.54) is 18.5 Å². The quantitative estimate of drug-likeness (QED) is 0.749. The Morgan fingerprint density at radius 3 is 2.62 bits per heavy atom. The van der Waals surface area contributed by atoms with Gasteiger partial charge >= 0.3 is 0 Å². The van der Waals surface area contributed by atoms with Crippen molar-refractivity contribution in [3.8, 4) is 0 Å². The Morgan fingerprint density at radius 1 is 1.46 bits per heavy atom. The van der Waals surface area contributed by atoms with Gasteiger partial charge in [0.2, 0.25) is 0 Å².